The van der Waals surface area contributed by atoms with Gasteiger partial charge in [0, 0.05) is 22.5 Å². The molecule has 1 heterocycles. The van der Waals surface area contributed by atoms with Crippen LogP contribution in [0.15, 0.2) is 89.8 Å². The maximum absolute atomic E-state index is 12.5. The number of amides is 2. The number of hydrogen-bond acceptors (Lipinski definition) is 7. The van der Waals surface area contributed by atoms with E-state index in [1.165, 1.54) is 6.39 Å². The SMILES string of the molecule is CCOc1ccc(NC(=O)c2ccc(NC(=O)COC(=O)c3ccc(-c4cnco4)cc3)cc2)cc1. The van der Waals surface area contributed by atoms with E-state index in [0.29, 0.717) is 34.9 Å². The van der Waals surface area contributed by atoms with Gasteiger partial charge in [0.25, 0.3) is 11.8 Å². The second-order valence-electron chi connectivity index (χ2n) is 7.56. The van der Waals surface area contributed by atoms with E-state index >= 15 is 0 Å². The van der Waals surface area contributed by atoms with Crippen LogP contribution in [0.1, 0.15) is 27.6 Å². The Balaban J connectivity index is 1.25. The summed E-state index contributed by atoms with van der Waals surface area (Å²) in [4.78, 5) is 40.7. The zero-order chi connectivity index (χ0) is 25.3. The van der Waals surface area contributed by atoms with Gasteiger partial charge in [-0.3, -0.25) is 9.59 Å². The van der Waals surface area contributed by atoms with Gasteiger partial charge in [-0.15, -0.1) is 0 Å². The first kappa shape index (κ1) is 24.2. The number of rotatable bonds is 9. The van der Waals surface area contributed by atoms with Crippen molar-refractivity contribution in [3.63, 3.8) is 0 Å². The molecule has 9 heteroatoms. The van der Waals surface area contributed by atoms with Crippen molar-refractivity contribution in [2.45, 2.75) is 6.92 Å². The van der Waals surface area contributed by atoms with Gasteiger partial charge in [0.15, 0.2) is 18.8 Å². The van der Waals surface area contributed by atoms with E-state index in [2.05, 4.69) is 15.6 Å². The summed E-state index contributed by atoms with van der Waals surface area (Å²) in [5, 5.41) is 5.43. The third-order valence-electron chi connectivity index (χ3n) is 5.03. The molecule has 0 saturated carbocycles. The molecule has 2 N–H and O–H groups in total. The molecule has 9 nitrogen and oxygen atoms in total. The Hall–Kier alpha value is -4.92. The highest BCUT2D eigenvalue weighted by molar-refractivity contribution is 6.04. The summed E-state index contributed by atoms with van der Waals surface area (Å²) in [6, 6.07) is 20.0. The second-order valence-corrected chi connectivity index (χ2v) is 7.56. The van der Waals surface area contributed by atoms with Gasteiger partial charge in [0.2, 0.25) is 0 Å². The number of ether oxygens (including phenoxy) is 2. The van der Waals surface area contributed by atoms with Gasteiger partial charge in [-0.1, -0.05) is 12.1 Å². The van der Waals surface area contributed by atoms with Crippen LogP contribution in [0.4, 0.5) is 11.4 Å². The zero-order valence-electron chi connectivity index (χ0n) is 19.4. The van der Waals surface area contributed by atoms with Crippen molar-refractivity contribution in [1.29, 1.82) is 0 Å². The van der Waals surface area contributed by atoms with Gasteiger partial charge in [-0.25, -0.2) is 9.78 Å². The molecule has 0 atom stereocenters. The van der Waals surface area contributed by atoms with Crippen LogP contribution in [0.2, 0.25) is 0 Å². The zero-order valence-corrected chi connectivity index (χ0v) is 19.4. The fraction of sp³-hybridized carbons (Fsp3) is 0.111. The lowest BCUT2D eigenvalue weighted by Gasteiger charge is -2.09. The first-order chi connectivity index (χ1) is 17.5. The average molecular weight is 485 g/mol. The highest BCUT2D eigenvalue weighted by Gasteiger charge is 2.12. The Morgan fingerprint density at radius 3 is 2.11 bits per heavy atom. The molecule has 0 bridgehead atoms. The summed E-state index contributed by atoms with van der Waals surface area (Å²) >= 11 is 0. The molecule has 0 radical (unpaired) electrons. The smallest absolute Gasteiger partial charge is 0.338 e. The monoisotopic (exact) mass is 485 g/mol. The molecule has 4 rings (SSSR count). The lowest BCUT2D eigenvalue weighted by Crippen LogP contribution is -2.21. The number of benzene rings is 3. The minimum absolute atomic E-state index is 0.291. The number of anilines is 2. The van der Waals surface area contributed by atoms with Gasteiger partial charge in [-0.05, 0) is 67.6 Å². The topological polar surface area (TPSA) is 120 Å². The Labute approximate surface area is 207 Å². The normalized spacial score (nSPS) is 10.4. The number of carbonyl (C=O) groups is 3. The molecular formula is C27H23N3O6. The molecule has 2 amide bonds. The van der Waals surface area contributed by atoms with Crippen molar-refractivity contribution < 1.29 is 28.3 Å². The number of nitrogens with one attached hydrogen (secondary N) is 2. The summed E-state index contributed by atoms with van der Waals surface area (Å²) in [5.74, 6) is -0.125. The molecular weight excluding hydrogens is 462 g/mol. The van der Waals surface area contributed by atoms with Crippen molar-refractivity contribution in [3.05, 3.63) is 96.5 Å². The van der Waals surface area contributed by atoms with Crippen LogP contribution in [0.3, 0.4) is 0 Å². The van der Waals surface area contributed by atoms with Crippen molar-refractivity contribution in [2.75, 3.05) is 23.8 Å². The number of nitrogens with zero attached hydrogens (tertiary/aromatic N) is 1. The lowest BCUT2D eigenvalue weighted by atomic mass is 10.1. The summed E-state index contributed by atoms with van der Waals surface area (Å²) in [7, 11) is 0. The standard InChI is InChI=1S/C27H23N3O6/c1-2-34-23-13-11-22(12-14-23)30-26(32)19-7-9-21(10-8-19)29-25(31)16-35-27(33)20-5-3-18(4-6-20)24-15-28-17-36-24/h3-15,17H,2,16H2,1H3,(H,29,31)(H,30,32). The van der Waals surface area contributed by atoms with E-state index in [4.69, 9.17) is 13.9 Å². The summed E-state index contributed by atoms with van der Waals surface area (Å²) < 4.78 is 15.7. The van der Waals surface area contributed by atoms with Crippen LogP contribution >= 0.6 is 0 Å². The average Bonchev–Trinajstić information content (AvgIpc) is 3.44. The van der Waals surface area contributed by atoms with Crippen LogP contribution in [0.5, 0.6) is 5.75 Å². The van der Waals surface area contributed by atoms with Gasteiger partial charge in [-0.2, -0.15) is 0 Å². The molecule has 0 spiro atoms. The third-order valence-corrected chi connectivity index (χ3v) is 5.03. The minimum atomic E-state index is -0.629. The number of hydrogen-bond donors (Lipinski definition) is 2. The summed E-state index contributed by atoms with van der Waals surface area (Å²) in [6.07, 6.45) is 2.89. The predicted octanol–water partition coefficient (Wildman–Crippen LogP) is 4.79. The number of oxazole rings is 1. The highest BCUT2D eigenvalue weighted by Crippen LogP contribution is 2.20. The number of carbonyl (C=O) groups excluding carboxylic acids is 3. The van der Waals surface area contributed by atoms with Crippen LogP contribution in [0, 0.1) is 0 Å². The van der Waals surface area contributed by atoms with E-state index in [9.17, 15) is 14.4 Å². The molecule has 0 fully saturated rings. The van der Waals surface area contributed by atoms with Crippen molar-refractivity contribution in [1.82, 2.24) is 4.98 Å². The maximum atomic E-state index is 12.5. The fourth-order valence-electron chi connectivity index (χ4n) is 3.25. The van der Waals surface area contributed by atoms with Crippen LogP contribution in [-0.2, 0) is 9.53 Å². The molecule has 1 aromatic heterocycles. The van der Waals surface area contributed by atoms with E-state index in [1.54, 1.807) is 79.0 Å². The van der Waals surface area contributed by atoms with E-state index < -0.39 is 18.5 Å². The van der Waals surface area contributed by atoms with Gasteiger partial charge in [0.05, 0.1) is 18.4 Å². The van der Waals surface area contributed by atoms with E-state index in [1.807, 2.05) is 6.92 Å². The largest absolute Gasteiger partial charge is 0.494 e. The van der Waals surface area contributed by atoms with Crippen LogP contribution in [-0.4, -0.2) is 36.0 Å². The van der Waals surface area contributed by atoms with Crippen molar-refractivity contribution in [3.8, 4) is 17.1 Å². The van der Waals surface area contributed by atoms with Crippen molar-refractivity contribution in [2.24, 2.45) is 0 Å². The van der Waals surface area contributed by atoms with Crippen molar-refractivity contribution >= 4 is 29.2 Å². The number of aromatic nitrogens is 1. The quantitative estimate of drug-likeness (QED) is 0.327. The molecule has 0 aliphatic rings. The summed E-state index contributed by atoms with van der Waals surface area (Å²) in [5.41, 5.74) is 2.58. The Morgan fingerprint density at radius 1 is 0.833 bits per heavy atom. The molecule has 3 aromatic carbocycles. The molecule has 0 aliphatic heterocycles. The van der Waals surface area contributed by atoms with E-state index in [-0.39, 0.29) is 5.91 Å². The highest BCUT2D eigenvalue weighted by atomic mass is 16.5. The molecule has 4 aromatic rings. The first-order valence-corrected chi connectivity index (χ1v) is 11.1. The van der Waals surface area contributed by atoms with Crippen LogP contribution < -0.4 is 15.4 Å². The molecule has 0 saturated heterocycles. The van der Waals surface area contributed by atoms with E-state index in [0.717, 1.165) is 11.3 Å². The predicted molar refractivity (Wildman–Crippen MR) is 133 cm³/mol. The molecule has 0 aliphatic carbocycles. The molecule has 0 unspecified atom stereocenters. The Bertz CT molecular complexity index is 1320. The second kappa shape index (κ2) is 11.5. The molecule has 182 valence electrons. The van der Waals surface area contributed by atoms with Gasteiger partial charge >= 0.3 is 5.97 Å². The maximum Gasteiger partial charge on any atom is 0.338 e. The first-order valence-electron chi connectivity index (χ1n) is 11.1. The fourth-order valence-corrected chi connectivity index (χ4v) is 3.25. The summed E-state index contributed by atoms with van der Waals surface area (Å²) in [6.45, 7) is 2.01. The Kier molecular flexibility index (Phi) is 7.72. The minimum Gasteiger partial charge on any atom is -0.494 e. The van der Waals surface area contributed by atoms with Crippen LogP contribution in [0.25, 0.3) is 11.3 Å². The third kappa shape index (κ3) is 6.35. The Morgan fingerprint density at radius 2 is 1.47 bits per heavy atom. The van der Waals surface area contributed by atoms with Gasteiger partial charge in [0.1, 0.15) is 5.75 Å². The van der Waals surface area contributed by atoms with Gasteiger partial charge < -0.3 is 24.5 Å². The number of esters is 1. The lowest BCUT2D eigenvalue weighted by molar-refractivity contribution is -0.119. The molecule has 36 heavy (non-hydrogen) atoms.